The predicted octanol–water partition coefficient (Wildman–Crippen LogP) is 3.17. The van der Waals surface area contributed by atoms with E-state index in [9.17, 15) is 19.1 Å². The van der Waals surface area contributed by atoms with Gasteiger partial charge in [0.05, 0.1) is 24.7 Å². The van der Waals surface area contributed by atoms with Crippen LogP contribution in [0.15, 0.2) is 67.0 Å². The van der Waals surface area contributed by atoms with Crippen LogP contribution in [0.5, 0.6) is 5.75 Å². The molecule has 1 fully saturated rings. The molecule has 0 bridgehead atoms. The van der Waals surface area contributed by atoms with E-state index in [1.165, 1.54) is 12.3 Å². The van der Waals surface area contributed by atoms with Gasteiger partial charge in [-0.1, -0.05) is 18.2 Å². The highest BCUT2D eigenvalue weighted by atomic mass is 19.1. The van der Waals surface area contributed by atoms with Gasteiger partial charge in [0.1, 0.15) is 23.8 Å². The monoisotopic (exact) mass is 491 g/mol. The largest absolute Gasteiger partial charge is 0.487 e. The highest BCUT2D eigenvalue weighted by Gasteiger charge is 2.46. The van der Waals surface area contributed by atoms with Gasteiger partial charge in [-0.05, 0) is 42.8 Å². The van der Waals surface area contributed by atoms with Gasteiger partial charge in [-0.2, -0.15) is 0 Å². The number of pyridine rings is 1. The van der Waals surface area contributed by atoms with E-state index in [2.05, 4.69) is 15.6 Å². The highest BCUT2D eigenvalue weighted by Crippen LogP contribution is 2.47. The number of carbonyl (C=O) groups excluding carboxylic acids is 2. The van der Waals surface area contributed by atoms with Gasteiger partial charge >= 0.3 is 0 Å². The molecule has 1 saturated heterocycles. The molecule has 8 nitrogen and oxygen atoms in total. The molecule has 0 unspecified atom stereocenters. The number of hydrogen-bond acceptors (Lipinski definition) is 6. The van der Waals surface area contributed by atoms with Gasteiger partial charge in [0.25, 0.3) is 5.91 Å². The molecule has 36 heavy (non-hydrogen) atoms. The molecular weight excluding hydrogens is 465 g/mol. The minimum atomic E-state index is -0.603. The summed E-state index contributed by atoms with van der Waals surface area (Å²) in [6.45, 7) is -0.174. The number of aromatic nitrogens is 1. The first kappa shape index (κ1) is 23.9. The number of aliphatic hydroxyl groups is 1. The molecule has 4 atom stereocenters. The van der Waals surface area contributed by atoms with E-state index >= 15 is 0 Å². The Morgan fingerprint density at radius 1 is 1.14 bits per heavy atom. The van der Waals surface area contributed by atoms with Crippen LogP contribution in [0.2, 0.25) is 0 Å². The van der Waals surface area contributed by atoms with Gasteiger partial charge in [-0.3, -0.25) is 14.6 Å². The molecule has 5 rings (SSSR count). The lowest BCUT2D eigenvalue weighted by molar-refractivity contribution is -0.142. The molecule has 9 heteroatoms. The lowest BCUT2D eigenvalue weighted by Gasteiger charge is -2.37. The number of rotatable bonds is 7. The maximum atomic E-state index is 13.8. The molecule has 186 valence electrons. The summed E-state index contributed by atoms with van der Waals surface area (Å²) in [5, 5.41) is 15.6. The van der Waals surface area contributed by atoms with Crippen molar-refractivity contribution in [1.82, 2.24) is 10.3 Å². The van der Waals surface area contributed by atoms with Gasteiger partial charge in [-0.15, -0.1) is 0 Å². The summed E-state index contributed by atoms with van der Waals surface area (Å²) in [6.07, 6.45) is 2.22. The average molecular weight is 492 g/mol. The Hall–Kier alpha value is -3.82. The van der Waals surface area contributed by atoms with Gasteiger partial charge in [-0.25, -0.2) is 4.39 Å². The summed E-state index contributed by atoms with van der Waals surface area (Å²) in [5.41, 5.74) is 2.35. The van der Waals surface area contributed by atoms with E-state index < -0.39 is 18.3 Å². The summed E-state index contributed by atoms with van der Waals surface area (Å²) in [7, 11) is 0. The molecule has 1 aromatic heterocycles. The van der Waals surface area contributed by atoms with Crippen LogP contribution in [-0.2, 0) is 16.1 Å². The van der Waals surface area contributed by atoms with Crippen LogP contribution in [0.1, 0.15) is 40.2 Å². The van der Waals surface area contributed by atoms with E-state index in [0.717, 1.165) is 5.56 Å². The number of fused-ring (bicyclic) bond motifs is 3. The first-order valence-corrected chi connectivity index (χ1v) is 11.8. The minimum Gasteiger partial charge on any atom is -0.487 e. The van der Waals surface area contributed by atoms with Crippen molar-refractivity contribution in [2.24, 2.45) is 0 Å². The molecule has 3 aromatic rings. The molecule has 3 N–H and O–H groups in total. The highest BCUT2D eigenvalue weighted by molar-refractivity contribution is 6.04. The minimum absolute atomic E-state index is 0.0704. The molecule has 3 heterocycles. The summed E-state index contributed by atoms with van der Waals surface area (Å²) < 4.78 is 25.9. The number of nitrogens with zero attached hydrogens (tertiary/aromatic N) is 1. The van der Waals surface area contributed by atoms with Crippen LogP contribution in [0, 0.1) is 5.82 Å². The molecule has 0 aliphatic carbocycles. The predicted molar refractivity (Wildman–Crippen MR) is 129 cm³/mol. The third-order valence-corrected chi connectivity index (χ3v) is 6.53. The van der Waals surface area contributed by atoms with Crippen LogP contribution >= 0.6 is 0 Å². The van der Waals surface area contributed by atoms with Crippen molar-refractivity contribution < 1.29 is 28.6 Å². The quantitative estimate of drug-likeness (QED) is 0.468. The van der Waals surface area contributed by atoms with E-state index in [-0.39, 0.29) is 43.1 Å². The molecule has 2 aliphatic heterocycles. The Balaban J connectivity index is 1.26. The Kier molecular flexibility index (Phi) is 6.92. The van der Waals surface area contributed by atoms with E-state index in [4.69, 9.17) is 9.47 Å². The van der Waals surface area contributed by atoms with E-state index in [1.54, 1.807) is 48.7 Å². The van der Waals surface area contributed by atoms with E-state index in [1.807, 2.05) is 6.07 Å². The number of amides is 2. The zero-order valence-corrected chi connectivity index (χ0v) is 19.4. The molecule has 2 aliphatic rings. The molecule has 2 amide bonds. The normalized spacial score (nSPS) is 22.2. The number of ether oxygens (including phenoxy) is 2. The summed E-state index contributed by atoms with van der Waals surface area (Å²) >= 11 is 0. The topological polar surface area (TPSA) is 110 Å². The van der Waals surface area contributed by atoms with Crippen molar-refractivity contribution in [2.75, 3.05) is 11.9 Å². The van der Waals surface area contributed by atoms with E-state index in [0.29, 0.717) is 29.0 Å². The van der Waals surface area contributed by atoms with Gasteiger partial charge < -0.3 is 25.2 Å². The second kappa shape index (κ2) is 10.4. The molecular formula is C27H26FN3O5. The maximum absolute atomic E-state index is 13.8. The second-order valence-corrected chi connectivity index (χ2v) is 8.92. The number of benzene rings is 2. The fraction of sp³-hybridized carbons (Fsp3) is 0.296. The molecule has 2 aromatic carbocycles. The van der Waals surface area contributed by atoms with Crippen molar-refractivity contribution in [1.29, 1.82) is 0 Å². The number of halogens is 1. The van der Waals surface area contributed by atoms with Gasteiger partial charge in [0, 0.05) is 41.7 Å². The SMILES string of the molecule is O=C(C[C@@H]1C[C@@H]2c3cc(NC(=O)c4cccnc4)ccc3O[C@@H]2[C@H](CO)O1)NCc1ccccc1F. The van der Waals surface area contributed by atoms with Crippen molar-refractivity contribution in [3.8, 4) is 5.75 Å². The fourth-order valence-electron chi connectivity index (χ4n) is 4.78. The molecule has 0 saturated carbocycles. The Labute approximate surface area is 207 Å². The summed E-state index contributed by atoms with van der Waals surface area (Å²) in [4.78, 5) is 29.1. The van der Waals surface area contributed by atoms with Crippen LogP contribution < -0.4 is 15.4 Å². The van der Waals surface area contributed by atoms with Crippen molar-refractivity contribution in [3.05, 3.63) is 89.5 Å². The van der Waals surface area contributed by atoms with Crippen LogP contribution in [0.4, 0.5) is 10.1 Å². The lowest BCUT2D eigenvalue weighted by atomic mass is 9.84. The zero-order chi connectivity index (χ0) is 25.1. The van der Waals surface area contributed by atoms with Crippen LogP contribution in [0.25, 0.3) is 0 Å². The number of anilines is 1. The van der Waals surface area contributed by atoms with Crippen LogP contribution in [-0.4, -0.2) is 46.8 Å². The average Bonchev–Trinajstić information content (AvgIpc) is 3.26. The maximum Gasteiger partial charge on any atom is 0.257 e. The number of nitrogens with one attached hydrogen (secondary N) is 2. The number of aliphatic hydroxyl groups excluding tert-OH is 1. The summed E-state index contributed by atoms with van der Waals surface area (Å²) in [5.74, 6) is -0.374. The molecule has 0 radical (unpaired) electrons. The number of carbonyl (C=O) groups is 2. The first-order valence-electron chi connectivity index (χ1n) is 11.8. The van der Waals surface area contributed by atoms with Crippen molar-refractivity contribution in [3.63, 3.8) is 0 Å². The van der Waals surface area contributed by atoms with Crippen molar-refractivity contribution >= 4 is 17.5 Å². The smallest absolute Gasteiger partial charge is 0.257 e. The summed E-state index contributed by atoms with van der Waals surface area (Å²) in [6, 6.07) is 15.1. The standard InChI is InChI=1S/C27H26FN3O5/c28-22-6-2-1-4-16(22)14-30-25(33)12-19-11-21-20-10-18(31-27(34)17-5-3-9-29-13-17)7-8-23(20)36-26(21)24(15-32)35-19/h1-10,13,19,21,24,26,32H,11-12,14-15H2,(H,30,33)(H,31,34)/t19-,21+,24-,26-/m0/s1. The lowest BCUT2D eigenvalue weighted by Crippen LogP contribution is -2.47. The Morgan fingerprint density at radius 3 is 2.78 bits per heavy atom. The zero-order valence-electron chi connectivity index (χ0n) is 19.4. The third kappa shape index (κ3) is 5.07. The Morgan fingerprint density at radius 2 is 2.00 bits per heavy atom. The van der Waals surface area contributed by atoms with Crippen molar-refractivity contribution in [2.45, 2.75) is 43.6 Å². The first-order chi connectivity index (χ1) is 17.5. The van der Waals surface area contributed by atoms with Gasteiger partial charge in [0.15, 0.2) is 0 Å². The third-order valence-electron chi connectivity index (χ3n) is 6.53. The van der Waals surface area contributed by atoms with Crippen LogP contribution in [0.3, 0.4) is 0 Å². The Bertz CT molecular complexity index is 1260. The number of hydrogen-bond donors (Lipinski definition) is 3. The fourth-order valence-corrected chi connectivity index (χ4v) is 4.78. The molecule has 0 spiro atoms. The van der Waals surface area contributed by atoms with Gasteiger partial charge in [0.2, 0.25) is 5.91 Å². The second-order valence-electron chi connectivity index (χ2n) is 8.92.